The normalized spacial score (nSPS) is 19.7. The summed E-state index contributed by atoms with van der Waals surface area (Å²) in [6, 6.07) is 7.53. The predicted molar refractivity (Wildman–Crippen MR) is 68.3 cm³/mol. The summed E-state index contributed by atoms with van der Waals surface area (Å²) < 4.78 is 10.1. The van der Waals surface area contributed by atoms with Crippen LogP contribution in [0.4, 0.5) is 5.69 Å². The van der Waals surface area contributed by atoms with Gasteiger partial charge >= 0.3 is 5.97 Å². The maximum atomic E-state index is 11.7. The average molecular weight is 250 g/mol. The SMILES string of the molecule is COC(=O)C1COCCN1c1ccc(CN)cc1. The molecule has 1 saturated heterocycles. The molecular formula is C13H18N2O3. The second-order valence-corrected chi connectivity index (χ2v) is 4.18. The molecule has 1 fully saturated rings. The molecule has 1 heterocycles. The highest BCUT2D eigenvalue weighted by Gasteiger charge is 2.30. The summed E-state index contributed by atoms with van der Waals surface area (Å²) in [7, 11) is 1.40. The van der Waals surface area contributed by atoms with E-state index in [1.165, 1.54) is 7.11 Å². The van der Waals surface area contributed by atoms with Gasteiger partial charge in [-0.3, -0.25) is 0 Å². The van der Waals surface area contributed by atoms with Crippen LogP contribution in [0.1, 0.15) is 5.56 Å². The van der Waals surface area contributed by atoms with Gasteiger partial charge in [0, 0.05) is 18.8 Å². The van der Waals surface area contributed by atoms with Crippen molar-refractivity contribution in [3.8, 4) is 0 Å². The lowest BCUT2D eigenvalue weighted by Crippen LogP contribution is -2.50. The van der Waals surface area contributed by atoms with Crippen LogP contribution < -0.4 is 10.6 Å². The Morgan fingerprint density at radius 3 is 2.83 bits per heavy atom. The van der Waals surface area contributed by atoms with Crippen LogP contribution in [0, 0.1) is 0 Å². The number of nitrogens with zero attached hydrogens (tertiary/aromatic N) is 1. The molecule has 0 spiro atoms. The van der Waals surface area contributed by atoms with Gasteiger partial charge in [0.2, 0.25) is 0 Å². The van der Waals surface area contributed by atoms with Crippen molar-refractivity contribution in [2.75, 3.05) is 31.8 Å². The number of esters is 1. The lowest BCUT2D eigenvalue weighted by molar-refractivity contribution is -0.144. The highest BCUT2D eigenvalue weighted by Crippen LogP contribution is 2.21. The second-order valence-electron chi connectivity index (χ2n) is 4.18. The number of nitrogens with two attached hydrogens (primary N) is 1. The average Bonchev–Trinajstić information content (AvgIpc) is 2.46. The number of ether oxygens (including phenoxy) is 2. The maximum Gasteiger partial charge on any atom is 0.330 e. The number of rotatable bonds is 3. The van der Waals surface area contributed by atoms with E-state index in [2.05, 4.69) is 0 Å². The number of hydrogen-bond donors (Lipinski definition) is 1. The topological polar surface area (TPSA) is 64.8 Å². The van der Waals surface area contributed by atoms with E-state index in [1.54, 1.807) is 0 Å². The van der Waals surface area contributed by atoms with Crippen molar-refractivity contribution in [3.63, 3.8) is 0 Å². The van der Waals surface area contributed by atoms with Crippen LogP contribution in [-0.4, -0.2) is 38.9 Å². The van der Waals surface area contributed by atoms with Crippen LogP contribution in [0.3, 0.4) is 0 Å². The summed E-state index contributed by atoms with van der Waals surface area (Å²) in [5, 5.41) is 0. The van der Waals surface area contributed by atoms with E-state index in [1.807, 2.05) is 29.2 Å². The lowest BCUT2D eigenvalue weighted by Gasteiger charge is -2.35. The van der Waals surface area contributed by atoms with E-state index < -0.39 is 0 Å². The third-order valence-electron chi connectivity index (χ3n) is 3.11. The first-order chi connectivity index (χ1) is 8.76. The standard InChI is InChI=1S/C13H18N2O3/c1-17-13(16)12-9-18-7-6-15(12)11-4-2-10(8-14)3-5-11/h2-5,12H,6-9,14H2,1H3. The third kappa shape index (κ3) is 2.63. The van der Waals surface area contributed by atoms with Crippen molar-refractivity contribution in [2.24, 2.45) is 5.73 Å². The Bertz CT molecular complexity index is 405. The predicted octanol–water partition coefficient (Wildman–Crippen LogP) is 0.523. The van der Waals surface area contributed by atoms with Crippen molar-refractivity contribution in [3.05, 3.63) is 29.8 Å². The van der Waals surface area contributed by atoms with Gasteiger partial charge in [-0.25, -0.2) is 4.79 Å². The van der Waals surface area contributed by atoms with Crippen LogP contribution in [0.5, 0.6) is 0 Å². The number of carbonyl (C=O) groups excluding carboxylic acids is 1. The molecule has 5 heteroatoms. The fraction of sp³-hybridized carbons (Fsp3) is 0.462. The molecule has 0 amide bonds. The first kappa shape index (κ1) is 12.9. The molecule has 98 valence electrons. The Kier molecular flexibility index (Phi) is 4.17. The first-order valence-electron chi connectivity index (χ1n) is 5.97. The molecule has 0 aromatic heterocycles. The molecule has 0 aliphatic carbocycles. The van der Waals surface area contributed by atoms with E-state index in [9.17, 15) is 4.79 Å². The summed E-state index contributed by atoms with van der Waals surface area (Å²) in [6.07, 6.45) is 0. The number of carbonyl (C=O) groups is 1. The summed E-state index contributed by atoms with van der Waals surface area (Å²) in [5.74, 6) is -0.266. The summed E-state index contributed by atoms with van der Waals surface area (Å²) in [6.45, 7) is 2.18. The highest BCUT2D eigenvalue weighted by molar-refractivity contribution is 5.80. The Balaban J connectivity index is 2.19. The Morgan fingerprint density at radius 2 is 2.22 bits per heavy atom. The van der Waals surface area contributed by atoms with E-state index >= 15 is 0 Å². The summed E-state index contributed by atoms with van der Waals surface area (Å²) in [4.78, 5) is 13.7. The number of methoxy groups -OCH3 is 1. The lowest BCUT2D eigenvalue weighted by atomic mass is 10.1. The Morgan fingerprint density at radius 1 is 1.50 bits per heavy atom. The van der Waals surface area contributed by atoms with Crippen LogP contribution in [-0.2, 0) is 20.8 Å². The maximum absolute atomic E-state index is 11.7. The molecule has 1 aromatic rings. The van der Waals surface area contributed by atoms with Crippen LogP contribution in [0.25, 0.3) is 0 Å². The smallest absolute Gasteiger partial charge is 0.330 e. The number of benzene rings is 1. The minimum Gasteiger partial charge on any atom is -0.467 e. The van der Waals surface area contributed by atoms with Gasteiger partial charge < -0.3 is 20.1 Å². The molecule has 1 aliphatic heterocycles. The summed E-state index contributed by atoms with van der Waals surface area (Å²) in [5.41, 5.74) is 7.63. The monoisotopic (exact) mass is 250 g/mol. The minimum atomic E-state index is -0.368. The molecule has 0 radical (unpaired) electrons. The molecule has 0 saturated carbocycles. The third-order valence-corrected chi connectivity index (χ3v) is 3.11. The molecule has 0 bridgehead atoms. The van der Waals surface area contributed by atoms with Gasteiger partial charge in [-0.1, -0.05) is 12.1 Å². The number of hydrogen-bond acceptors (Lipinski definition) is 5. The van der Waals surface area contributed by atoms with E-state index in [-0.39, 0.29) is 12.0 Å². The fourth-order valence-electron chi connectivity index (χ4n) is 2.07. The zero-order valence-corrected chi connectivity index (χ0v) is 10.5. The molecule has 1 aliphatic rings. The quantitative estimate of drug-likeness (QED) is 0.792. The zero-order valence-electron chi connectivity index (χ0n) is 10.5. The number of morpholine rings is 1. The Labute approximate surface area is 106 Å². The Hall–Kier alpha value is -1.59. The summed E-state index contributed by atoms with van der Waals surface area (Å²) >= 11 is 0. The largest absolute Gasteiger partial charge is 0.467 e. The molecule has 1 aromatic carbocycles. The van der Waals surface area contributed by atoms with Crippen molar-refractivity contribution in [2.45, 2.75) is 12.6 Å². The molecule has 2 rings (SSSR count). The molecule has 5 nitrogen and oxygen atoms in total. The second kappa shape index (κ2) is 5.84. The van der Waals surface area contributed by atoms with Crippen molar-refractivity contribution < 1.29 is 14.3 Å². The van der Waals surface area contributed by atoms with E-state index in [0.29, 0.717) is 26.3 Å². The van der Waals surface area contributed by atoms with Gasteiger partial charge in [0.05, 0.1) is 20.3 Å². The van der Waals surface area contributed by atoms with Gasteiger partial charge in [-0.05, 0) is 17.7 Å². The van der Waals surface area contributed by atoms with Gasteiger partial charge in [0.25, 0.3) is 0 Å². The van der Waals surface area contributed by atoms with Crippen molar-refractivity contribution in [1.29, 1.82) is 0 Å². The van der Waals surface area contributed by atoms with Crippen LogP contribution in [0.15, 0.2) is 24.3 Å². The molecular weight excluding hydrogens is 232 g/mol. The molecule has 18 heavy (non-hydrogen) atoms. The molecule has 1 unspecified atom stereocenters. The first-order valence-corrected chi connectivity index (χ1v) is 5.97. The number of anilines is 1. The minimum absolute atomic E-state index is 0.266. The highest BCUT2D eigenvalue weighted by atomic mass is 16.5. The van der Waals surface area contributed by atoms with Crippen LogP contribution in [0.2, 0.25) is 0 Å². The van der Waals surface area contributed by atoms with Gasteiger partial charge in [-0.2, -0.15) is 0 Å². The van der Waals surface area contributed by atoms with E-state index in [0.717, 1.165) is 11.3 Å². The van der Waals surface area contributed by atoms with Gasteiger partial charge in [-0.15, -0.1) is 0 Å². The zero-order chi connectivity index (χ0) is 13.0. The van der Waals surface area contributed by atoms with Crippen molar-refractivity contribution >= 4 is 11.7 Å². The van der Waals surface area contributed by atoms with Gasteiger partial charge in [0.1, 0.15) is 0 Å². The molecule has 1 atom stereocenters. The van der Waals surface area contributed by atoms with Gasteiger partial charge in [0.15, 0.2) is 6.04 Å². The molecule has 2 N–H and O–H groups in total. The fourth-order valence-corrected chi connectivity index (χ4v) is 2.07. The van der Waals surface area contributed by atoms with Crippen LogP contribution >= 0.6 is 0 Å². The van der Waals surface area contributed by atoms with E-state index in [4.69, 9.17) is 15.2 Å². The van der Waals surface area contributed by atoms with Crippen molar-refractivity contribution in [1.82, 2.24) is 0 Å².